The minimum atomic E-state index is -0.911. The molecule has 4 heterocycles. The highest BCUT2D eigenvalue weighted by Gasteiger charge is 2.46. The quantitative estimate of drug-likeness (QED) is 0.306. The maximum atomic E-state index is 16.0. The van der Waals surface area contributed by atoms with Crippen molar-refractivity contribution in [2.75, 3.05) is 51.3 Å². The van der Waals surface area contributed by atoms with E-state index in [1.165, 1.54) is 23.3 Å². The van der Waals surface area contributed by atoms with Crippen LogP contribution >= 0.6 is 0 Å². The van der Waals surface area contributed by atoms with E-state index in [-0.39, 0.29) is 36.8 Å². The number of rotatable bonds is 7. The number of pyridine rings is 1. The Morgan fingerprint density at radius 3 is 2.84 bits per heavy atom. The van der Waals surface area contributed by atoms with Crippen molar-refractivity contribution < 1.29 is 18.3 Å². The van der Waals surface area contributed by atoms with E-state index in [0.717, 1.165) is 18.4 Å². The standard InChI is InChI=1S/C32H33F2N7O2/c1-4-27(42)41-9-8-40(16-22(41)14-35-2)31-25-13-26(34)29(23-7-5-6-18-10-19-11-24(19)28(18)23)36-30(25)37-32(38-31)43-17-21-12-20(33)15-39(21)3/h4-7,13,19-22,24H,1,8-12,14-17H2,3H3/t19?,20-,21+,22+,24?/m1/s1. The topological polar surface area (TPSA) is 79.1 Å². The molecule has 222 valence electrons. The third-order valence-electron chi connectivity index (χ3n) is 9.41. The molecule has 1 amide bonds. The molecule has 1 aromatic carbocycles. The fourth-order valence-electron chi connectivity index (χ4n) is 7.13. The van der Waals surface area contributed by atoms with E-state index in [9.17, 15) is 9.18 Å². The van der Waals surface area contributed by atoms with Crippen LogP contribution in [0.2, 0.25) is 0 Å². The highest BCUT2D eigenvalue weighted by Crippen LogP contribution is 2.58. The lowest BCUT2D eigenvalue weighted by Gasteiger charge is -2.39. The second-order valence-corrected chi connectivity index (χ2v) is 12.1. The summed E-state index contributed by atoms with van der Waals surface area (Å²) in [5, 5.41) is 0.428. The fraction of sp³-hybridized carbons (Fsp3) is 0.469. The van der Waals surface area contributed by atoms with Crippen molar-refractivity contribution in [3.8, 4) is 17.3 Å². The summed E-state index contributed by atoms with van der Waals surface area (Å²) in [5.74, 6) is 0.842. The number of alkyl halides is 1. The molecule has 11 heteroatoms. The molecule has 2 aliphatic carbocycles. The summed E-state index contributed by atoms with van der Waals surface area (Å²) >= 11 is 0. The number of carbonyl (C=O) groups excluding carboxylic acids is 1. The van der Waals surface area contributed by atoms with E-state index in [1.807, 2.05) is 29.0 Å². The van der Waals surface area contributed by atoms with E-state index in [2.05, 4.69) is 22.5 Å². The molecule has 2 unspecified atom stereocenters. The van der Waals surface area contributed by atoms with Crippen LogP contribution in [0.3, 0.4) is 0 Å². The average Bonchev–Trinajstić information content (AvgIpc) is 3.54. The zero-order valence-electron chi connectivity index (χ0n) is 24.0. The summed E-state index contributed by atoms with van der Waals surface area (Å²) in [6.45, 7) is 12.8. The number of likely N-dealkylation sites (tertiary alicyclic amines) is 1. The lowest BCUT2D eigenvalue weighted by atomic mass is 9.96. The summed E-state index contributed by atoms with van der Waals surface area (Å²) in [6.07, 6.45) is 2.86. The number of nitrogens with zero attached hydrogens (tertiary/aromatic N) is 7. The van der Waals surface area contributed by atoms with E-state index in [0.29, 0.717) is 61.3 Å². The summed E-state index contributed by atoms with van der Waals surface area (Å²) in [6, 6.07) is 7.02. The van der Waals surface area contributed by atoms with Crippen LogP contribution in [0.4, 0.5) is 14.6 Å². The van der Waals surface area contributed by atoms with Gasteiger partial charge in [-0.3, -0.25) is 9.69 Å². The molecule has 2 aromatic heterocycles. The summed E-state index contributed by atoms with van der Waals surface area (Å²) in [4.78, 5) is 35.7. The molecule has 7 rings (SSSR count). The third-order valence-corrected chi connectivity index (χ3v) is 9.41. The van der Waals surface area contributed by atoms with Gasteiger partial charge in [-0.2, -0.15) is 9.97 Å². The molecule has 3 aromatic rings. The van der Waals surface area contributed by atoms with Crippen LogP contribution in [0.1, 0.15) is 29.9 Å². The molecule has 2 saturated heterocycles. The van der Waals surface area contributed by atoms with Gasteiger partial charge in [0.05, 0.1) is 5.39 Å². The predicted molar refractivity (Wildman–Crippen MR) is 158 cm³/mol. The number of aromatic nitrogens is 3. The van der Waals surface area contributed by atoms with Crippen molar-refractivity contribution in [3.63, 3.8) is 0 Å². The first kappa shape index (κ1) is 27.7. The lowest BCUT2D eigenvalue weighted by molar-refractivity contribution is -0.128. The number of carbonyl (C=O) groups is 1. The molecule has 0 bridgehead atoms. The van der Waals surface area contributed by atoms with E-state index >= 15 is 4.39 Å². The van der Waals surface area contributed by atoms with Crippen LogP contribution in [0, 0.1) is 18.3 Å². The minimum Gasteiger partial charge on any atom is -0.462 e. The van der Waals surface area contributed by atoms with E-state index < -0.39 is 18.0 Å². The Morgan fingerprint density at radius 1 is 1.21 bits per heavy atom. The third kappa shape index (κ3) is 4.97. The van der Waals surface area contributed by atoms with Gasteiger partial charge in [0.15, 0.2) is 5.65 Å². The Morgan fingerprint density at radius 2 is 2.07 bits per heavy atom. The number of piperazine rings is 1. The average molecular weight is 586 g/mol. The molecule has 1 saturated carbocycles. The number of halogens is 2. The maximum Gasteiger partial charge on any atom is 0.320 e. The van der Waals surface area contributed by atoms with Crippen molar-refractivity contribution >= 4 is 22.8 Å². The molecule has 3 fully saturated rings. The van der Waals surface area contributed by atoms with Gasteiger partial charge in [-0.15, -0.1) is 0 Å². The monoisotopic (exact) mass is 585 g/mol. The van der Waals surface area contributed by atoms with Crippen molar-refractivity contribution in [3.05, 3.63) is 65.3 Å². The normalized spacial score (nSPS) is 26.2. The smallest absolute Gasteiger partial charge is 0.320 e. The van der Waals surface area contributed by atoms with Crippen LogP contribution in [-0.2, 0) is 11.2 Å². The van der Waals surface area contributed by atoms with E-state index in [4.69, 9.17) is 21.3 Å². The Kier molecular flexibility index (Phi) is 6.96. The number of amides is 1. The summed E-state index contributed by atoms with van der Waals surface area (Å²) < 4.78 is 36.1. The second-order valence-electron chi connectivity index (χ2n) is 12.1. The van der Waals surface area contributed by atoms with Gasteiger partial charge in [0, 0.05) is 37.8 Å². The largest absolute Gasteiger partial charge is 0.462 e. The first-order valence-electron chi connectivity index (χ1n) is 14.8. The summed E-state index contributed by atoms with van der Waals surface area (Å²) in [5.41, 5.74) is 3.82. The van der Waals surface area contributed by atoms with Gasteiger partial charge >= 0.3 is 6.01 Å². The fourth-order valence-corrected chi connectivity index (χ4v) is 7.13. The first-order valence-corrected chi connectivity index (χ1v) is 14.8. The number of anilines is 1. The number of likely N-dealkylation sites (N-methyl/N-ethyl adjacent to an activating group) is 1. The molecule has 9 nitrogen and oxygen atoms in total. The van der Waals surface area contributed by atoms with Crippen LogP contribution < -0.4 is 9.64 Å². The Labute approximate surface area is 249 Å². The van der Waals surface area contributed by atoms with Gasteiger partial charge < -0.3 is 19.4 Å². The molecule has 0 N–H and O–H groups in total. The van der Waals surface area contributed by atoms with Crippen molar-refractivity contribution in [1.82, 2.24) is 24.8 Å². The second kappa shape index (κ2) is 10.8. The molecule has 2 aliphatic heterocycles. The van der Waals surface area contributed by atoms with Gasteiger partial charge in [0.1, 0.15) is 36.1 Å². The van der Waals surface area contributed by atoms with Gasteiger partial charge in [0.25, 0.3) is 0 Å². The van der Waals surface area contributed by atoms with Gasteiger partial charge in [-0.25, -0.2) is 20.3 Å². The van der Waals surface area contributed by atoms with Crippen molar-refractivity contribution in [1.29, 1.82) is 0 Å². The van der Waals surface area contributed by atoms with Gasteiger partial charge in [0.2, 0.25) is 12.5 Å². The highest BCUT2D eigenvalue weighted by molar-refractivity contribution is 5.90. The molecule has 0 radical (unpaired) electrons. The molecular weight excluding hydrogens is 552 g/mol. The van der Waals surface area contributed by atoms with Crippen LogP contribution in [0.25, 0.3) is 27.1 Å². The van der Waals surface area contributed by atoms with Crippen LogP contribution in [0.5, 0.6) is 6.01 Å². The Hall–Kier alpha value is -4.17. The Balaban J connectivity index is 1.29. The number of fused-ring (bicyclic) bond motifs is 4. The SMILES string of the molecule is [C-]#[N+]C[C@H]1CN(c2nc(OC[C@@H]3C[C@@H](F)CN3C)nc3nc(-c4cccc5c4C4CC4C5)c(F)cc23)CCN1C(=O)C=C. The van der Waals surface area contributed by atoms with Crippen LogP contribution in [0.15, 0.2) is 36.9 Å². The first-order chi connectivity index (χ1) is 20.8. The van der Waals surface area contributed by atoms with Gasteiger partial charge in [-0.05, 0) is 61.4 Å². The Bertz CT molecular complexity index is 1660. The molecule has 4 aliphatic rings. The van der Waals surface area contributed by atoms with Crippen molar-refractivity contribution in [2.24, 2.45) is 5.92 Å². The molecular formula is C32H33F2N7O2. The zero-order chi connectivity index (χ0) is 29.8. The summed E-state index contributed by atoms with van der Waals surface area (Å²) in [7, 11) is 1.86. The minimum absolute atomic E-state index is 0.0788. The zero-order valence-corrected chi connectivity index (χ0v) is 24.0. The maximum absolute atomic E-state index is 16.0. The lowest BCUT2D eigenvalue weighted by Crippen LogP contribution is -2.56. The number of ether oxygens (including phenoxy) is 1. The number of hydrogen-bond acceptors (Lipinski definition) is 7. The van der Waals surface area contributed by atoms with Crippen LogP contribution in [-0.4, -0.2) is 95.3 Å². The molecule has 5 atom stereocenters. The number of benzene rings is 1. The van der Waals surface area contributed by atoms with E-state index in [1.54, 1.807) is 4.90 Å². The predicted octanol–water partition coefficient (Wildman–Crippen LogP) is 4.03. The van der Waals surface area contributed by atoms with Crippen molar-refractivity contribution in [2.45, 2.75) is 43.4 Å². The highest BCUT2D eigenvalue weighted by atomic mass is 19.1. The number of hydrogen-bond donors (Lipinski definition) is 0. The van der Waals surface area contributed by atoms with Gasteiger partial charge in [-0.1, -0.05) is 24.8 Å². The molecule has 0 spiro atoms. The molecule has 43 heavy (non-hydrogen) atoms.